The lowest BCUT2D eigenvalue weighted by atomic mass is 10.2. The van der Waals surface area contributed by atoms with E-state index in [1.165, 1.54) is 6.07 Å². The summed E-state index contributed by atoms with van der Waals surface area (Å²) in [5.74, 6) is -0.368. The van der Waals surface area contributed by atoms with Crippen molar-refractivity contribution >= 4 is 17.3 Å². The van der Waals surface area contributed by atoms with Crippen molar-refractivity contribution in [3.8, 4) is 0 Å². The van der Waals surface area contributed by atoms with Crippen molar-refractivity contribution in [1.82, 2.24) is 0 Å². The first-order chi connectivity index (χ1) is 6.56. The van der Waals surface area contributed by atoms with Gasteiger partial charge in [0.2, 0.25) is 0 Å². The quantitative estimate of drug-likeness (QED) is 0.743. The number of nitrogens with zero attached hydrogens (tertiary/aromatic N) is 1. The molecule has 14 heavy (non-hydrogen) atoms. The van der Waals surface area contributed by atoms with E-state index in [4.69, 9.17) is 11.6 Å². The Balaban J connectivity index is 2.91. The van der Waals surface area contributed by atoms with Gasteiger partial charge in [-0.15, -0.1) is 0 Å². The molecule has 0 aromatic heterocycles. The standard InChI is InChI=1S/C11H15ClFN/c1-4-8(2)14(3)9-5-6-11(13)10(12)7-9/h5-8H,4H2,1-3H3. The third-order valence-electron chi connectivity index (χ3n) is 2.56. The Hall–Kier alpha value is -0.760. The first-order valence-corrected chi connectivity index (χ1v) is 5.12. The zero-order valence-electron chi connectivity index (χ0n) is 8.72. The topological polar surface area (TPSA) is 3.24 Å². The van der Waals surface area contributed by atoms with E-state index in [0.29, 0.717) is 6.04 Å². The molecule has 0 bridgehead atoms. The van der Waals surface area contributed by atoms with Gasteiger partial charge in [0.15, 0.2) is 0 Å². The molecular formula is C11H15ClFN. The van der Waals surface area contributed by atoms with E-state index in [1.807, 2.05) is 7.05 Å². The van der Waals surface area contributed by atoms with Gasteiger partial charge in [-0.1, -0.05) is 18.5 Å². The van der Waals surface area contributed by atoms with Gasteiger partial charge in [-0.05, 0) is 31.5 Å². The van der Waals surface area contributed by atoms with E-state index in [9.17, 15) is 4.39 Å². The number of hydrogen-bond acceptors (Lipinski definition) is 1. The SMILES string of the molecule is CCC(C)N(C)c1ccc(F)c(Cl)c1. The Morgan fingerprint density at radius 3 is 2.64 bits per heavy atom. The summed E-state index contributed by atoms with van der Waals surface area (Å²) in [6.45, 7) is 4.24. The molecule has 0 aliphatic heterocycles. The maximum Gasteiger partial charge on any atom is 0.141 e. The number of rotatable bonds is 3. The van der Waals surface area contributed by atoms with Gasteiger partial charge in [0.05, 0.1) is 5.02 Å². The van der Waals surface area contributed by atoms with E-state index in [-0.39, 0.29) is 10.8 Å². The Morgan fingerprint density at radius 1 is 1.50 bits per heavy atom. The van der Waals surface area contributed by atoms with Crippen LogP contribution in [0.2, 0.25) is 5.02 Å². The maximum absolute atomic E-state index is 12.9. The monoisotopic (exact) mass is 215 g/mol. The van der Waals surface area contributed by atoms with Crippen LogP contribution in [0.3, 0.4) is 0 Å². The summed E-state index contributed by atoms with van der Waals surface area (Å²) in [5, 5.41) is 0.178. The van der Waals surface area contributed by atoms with Crippen molar-refractivity contribution in [3.05, 3.63) is 29.0 Å². The van der Waals surface area contributed by atoms with Gasteiger partial charge in [0.1, 0.15) is 5.82 Å². The van der Waals surface area contributed by atoms with Crippen LogP contribution in [-0.4, -0.2) is 13.1 Å². The molecule has 0 aliphatic rings. The van der Waals surface area contributed by atoms with Crippen molar-refractivity contribution in [3.63, 3.8) is 0 Å². The minimum Gasteiger partial charge on any atom is -0.372 e. The van der Waals surface area contributed by atoms with Gasteiger partial charge < -0.3 is 4.90 Å². The van der Waals surface area contributed by atoms with Crippen LogP contribution >= 0.6 is 11.6 Å². The Morgan fingerprint density at radius 2 is 2.14 bits per heavy atom. The smallest absolute Gasteiger partial charge is 0.141 e. The molecule has 0 N–H and O–H groups in total. The van der Waals surface area contributed by atoms with Crippen LogP contribution in [0, 0.1) is 5.82 Å². The van der Waals surface area contributed by atoms with Crippen molar-refractivity contribution in [1.29, 1.82) is 0 Å². The Kier molecular flexibility index (Phi) is 3.76. The van der Waals surface area contributed by atoms with Gasteiger partial charge in [-0.3, -0.25) is 0 Å². The second-order valence-electron chi connectivity index (χ2n) is 3.47. The number of halogens is 2. The van der Waals surface area contributed by atoms with Crippen molar-refractivity contribution < 1.29 is 4.39 Å². The highest BCUT2D eigenvalue weighted by Gasteiger charge is 2.09. The average Bonchev–Trinajstić information content (AvgIpc) is 2.20. The lowest BCUT2D eigenvalue weighted by Crippen LogP contribution is -2.27. The summed E-state index contributed by atoms with van der Waals surface area (Å²) in [6, 6.07) is 5.23. The zero-order valence-corrected chi connectivity index (χ0v) is 9.48. The molecule has 0 saturated carbocycles. The van der Waals surface area contributed by atoms with Crippen LogP contribution in [0.4, 0.5) is 10.1 Å². The predicted octanol–water partition coefficient (Wildman–Crippen LogP) is 3.71. The predicted molar refractivity (Wildman–Crippen MR) is 59.6 cm³/mol. The second kappa shape index (κ2) is 4.65. The first kappa shape index (κ1) is 11.3. The molecule has 78 valence electrons. The van der Waals surface area contributed by atoms with Crippen LogP contribution in [-0.2, 0) is 0 Å². The molecule has 3 heteroatoms. The van der Waals surface area contributed by atoms with Gasteiger partial charge in [0, 0.05) is 18.8 Å². The molecule has 1 rings (SSSR count). The van der Waals surface area contributed by atoms with E-state index < -0.39 is 0 Å². The molecule has 1 nitrogen and oxygen atoms in total. The molecule has 0 heterocycles. The van der Waals surface area contributed by atoms with Crippen LogP contribution in [0.1, 0.15) is 20.3 Å². The highest BCUT2D eigenvalue weighted by atomic mass is 35.5. The number of anilines is 1. The van der Waals surface area contributed by atoms with E-state index in [1.54, 1.807) is 12.1 Å². The number of hydrogen-bond donors (Lipinski definition) is 0. The zero-order chi connectivity index (χ0) is 10.7. The van der Waals surface area contributed by atoms with Gasteiger partial charge in [0.25, 0.3) is 0 Å². The van der Waals surface area contributed by atoms with Gasteiger partial charge in [-0.2, -0.15) is 0 Å². The molecule has 0 amide bonds. The van der Waals surface area contributed by atoms with E-state index in [2.05, 4.69) is 18.7 Å². The van der Waals surface area contributed by atoms with Gasteiger partial charge in [-0.25, -0.2) is 4.39 Å². The highest BCUT2D eigenvalue weighted by molar-refractivity contribution is 6.31. The van der Waals surface area contributed by atoms with Crippen LogP contribution in [0.5, 0.6) is 0 Å². The summed E-state index contributed by atoms with van der Waals surface area (Å²) in [7, 11) is 1.98. The largest absolute Gasteiger partial charge is 0.372 e. The Bertz CT molecular complexity index is 314. The molecule has 1 aromatic rings. The normalized spacial score (nSPS) is 12.6. The fourth-order valence-electron chi connectivity index (χ4n) is 1.23. The van der Waals surface area contributed by atoms with E-state index >= 15 is 0 Å². The van der Waals surface area contributed by atoms with E-state index in [0.717, 1.165) is 12.1 Å². The summed E-state index contributed by atoms with van der Waals surface area (Å²) in [5.41, 5.74) is 0.950. The first-order valence-electron chi connectivity index (χ1n) is 4.74. The molecule has 0 saturated heterocycles. The summed E-state index contributed by atoms with van der Waals surface area (Å²) in [4.78, 5) is 2.09. The van der Waals surface area contributed by atoms with Crippen molar-refractivity contribution in [2.75, 3.05) is 11.9 Å². The molecule has 1 atom stereocenters. The lowest BCUT2D eigenvalue weighted by Gasteiger charge is -2.26. The maximum atomic E-state index is 12.9. The fraction of sp³-hybridized carbons (Fsp3) is 0.455. The fourth-order valence-corrected chi connectivity index (χ4v) is 1.41. The third kappa shape index (κ3) is 2.38. The molecular weight excluding hydrogens is 201 g/mol. The molecule has 1 aromatic carbocycles. The van der Waals surface area contributed by atoms with Crippen LogP contribution in [0.15, 0.2) is 18.2 Å². The van der Waals surface area contributed by atoms with Gasteiger partial charge >= 0.3 is 0 Å². The average molecular weight is 216 g/mol. The molecule has 0 fully saturated rings. The lowest BCUT2D eigenvalue weighted by molar-refractivity contribution is 0.626. The summed E-state index contributed by atoms with van der Waals surface area (Å²) in [6.07, 6.45) is 1.05. The Labute approximate surface area is 89.5 Å². The molecule has 0 radical (unpaired) electrons. The van der Waals surface area contributed by atoms with Crippen molar-refractivity contribution in [2.24, 2.45) is 0 Å². The minimum atomic E-state index is -0.368. The third-order valence-corrected chi connectivity index (χ3v) is 2.85. The summed E-state index contributed by atoms with van der Waals surface area (Å²) < 4.78 is 12.9. The van der Waals surface area contributed by atoms with Crippen LogP contribution in [0.25, 0.3) is 0 Å². The van der Waals surface area contributed by atoms with Crippen LogP contribution < -0.4 is 4.90 Å². The summed E-state index contributed by atoms with van der Waals surface area (Å²) >= 11 is 5.70. The molecule has 0 spiro atoms. The minimum absolute atomic E-state index is 0.178. The van der Waals surface area contributed by atoms with Crippen molar-refractivity contribution in [2.45, 2.75) is 26.3 Å². The molecule has 0 aliphatic carbocycles. The highest BCUT2D eigenvalue weighted by Crippen LogP contribution is 2.23. The second-order valence-corrected chi connectivity index (χ2v) is 3.87. The molecule has 1 unspecified atom stereocenters. The number of benzene rings is 1.